The van der Waals surface area contributed by atoms with Crippen LogP contribution in [0.5, 0.6) is 0 Å². The van der Waals surface area contributed by atoms with Gasteiger partial charge in [-0.1, -0.05) is 17.7 Å². The summed E-state index contributed by atoms with van der Waals surface area (Å²) in [7, 11) is 0. The Bertz CT molecular complexity index is 1090. The molecule has 6 nitrogen and oxygen atoms in total. The highest BCUT2D eigenvalue weighted by atomic mass is 35.5. The summed E-state index contributed by atoms with van der Waals surface area (Å²) < 4.78 is 13.8. The fraction of sp³-hybridized carbons (Fsp3) is 0. The van der Waals surface area contributed by atoms with Crippen molar-refractivity contribution in [3.8, 4) is 10.4 Å². The Morgan fingerprint density at radius 1 is 1.21 bits per heavy atom. The van der Waals surface area contributed by atoms with Crippen LogP contribution >= 0.6 is 34.9 Å². The molecule has 0 aliphatic heterocycles. The number of carbonyl (C=O) groups excluding carboxylic acids is 1. The van der Waals surface area contributed by atoms with Crippen molar-refractivity contribution in [2.45, 2.75) is 4.90 Å². The SMILES string of the molecule is NSc1ccc(C(=O)Nc2csc(-c3ccc(Cl)c(F)c3)c2C(=O)O)cc1N. The van der Waals surface area contributed by atoms with Gasteiger partial charge in [-0.15, -0.1) is 11.3 Å². The summed E-state index contributed by atoms with van der Waals surface area (Å²) in [4.78, 5) is 25.2. The quantitative estimate of drug-likeness (QED) is 0.339. The lowest BCUT2D eigenvalue weighted by molar-refractivity contribution is 0.0699. The van der Waals surface area contributed by atoms with E-state index >= 15 is 0 Å². The van der Waals surface area contributed by atoms with Gasteiger partial charge < -0.3 is 16.2 Å². The average Bonchev–Trinajstić information content (AvgIpc) is 3.07. The molecule has 0 radical (unpaired) electrons. The highest BCUT2D eigenvalue weighted by molar-refractivity contribution is 7.97. The van der Waals surface area contributed by atoms with Gasteiger partial charge in [0.25, 0.3) is 5.91 Å². The van der Waals surface area contributed by atoms with Gasteiger partial charge in [-0.25, -0.2) is 9.18 Å². The minimum Gasteiger partial charge on any atom is -0.478 e. The highest BCUT2D eigenvalue weighted by Gasteiger charge is 2.22. The minimum absolute atomic E-state index is 0.0672. The molecule has 144 valence electrons. The van der Waals surface area contributed by atoms with Gasteiger partial charge in [0, 0.05) is 21.5 Å². The van der Waals surface area contributed by atoms with E-state index in [0.717, 1.165) is 29.4 Å². The molecule has 6 N–H and O–H groups in total. The summed E-state index contributed by atoms with van der Waals surface area (Å²) in [6.45, 7) is 0. The topological polar surface area (TPSA) is 118 Å². The Morgan fingerprint density at radius 3 is 2.57 bits per heavy atom. The molecule has 2 aromatic carbocycles. The maximum Gasteiger partial charge on any atom is 0.339 e. The summed E-state index contributed by atoms with van der Waals surface area (Å²) in [5.74, 6) is -2.45. The van der Waals surface area contributed by atoms with Gasteiger partial charge in [0.15, 0.2) is 0 Å². The number of benzene rings is 2. The Hall–Kier alpha value is -2.59. The molecule has 28 heavy (non-hydrogen) atoms. The van der Waals surface area contributed by atoms with E-state index in [1.807, 2.05) is 0 Å². The Morgan fingerprint density at radius 2 is 1.96 bits per heavy atom. The molecule has 1 heterocycles. The smallest absolute Gasteiger partial charge is 0.339 e. The lowest BCUT2D eigenvalue weighted by Gasteiger charge is -2.08. The predicted molar refractivity (Wildman–Crippen MR) is 111 cm³/mol. The van der Waals surface area contributed by atoms with Crippen molar-refractivity contribution in [2.24, 2.45) is 5.14 Å². The molecule has 0 saturated heterocycles. The zero-order valence-electron chi connectivity index (χ0n) is 14.0. The molecule has 0 saturated carbocycles. The first-order valence-corrected chi connectivity index (χ1v) is 9.83. The summed E-state index contributed by atoms with van der Waals surface area (Å²) in [6, 6.07) is 8.59. The zero-order chi connectivity index (χ0) is 20.4. The molecule has 0 fully saturated rings. The minimum atomic E-state index is -1.25. The van der Waals surface area contributed by atoms with Crippen LogP contribution in [0.2, 0.25) is 5.02 Å². The standard InChI is InChI=1S/C18H13ClFN3O3S2/c19-10-3-1-8(5-11(10)20)16-15(18(25)26)13(7-27-16)23-17(24)9-2-4-14(28-22)12(21)6-9/h1-7H,21-22H2,(H,23,24)(H,25,26). The third-order valence-corrected chi connectivity index (χ3v) is 5.80. The third-order valence-electron chi connectivity index (χ3n) is 3.83. The van der Waals surface area contributed by atoms with E-state index in [1.54, 1.807) is 6.07 Å². The molecule has 3 rings (SSSR count). The molecule has 0 aliphatic carbocycles. The van der Waals surface area contributed by atoms with Crippen LogP contribution in [-0.4, -0.2) is 17.0 Å². The molecule has 1 amide bonds. The first-order chi connectivity index (χ1) is 13.3. The Kier molecular flexibility index (Phi) is 5.90. The van der Waals surface area contributed by atoms with E-state index in [9.17, 15) is 19.1 Å². The number of amides is 1. The molecular formula is C18H13ClFN3O3S2. The van der Waals surface area contributed by atoms with Crippen LogP contribution in [0.15, 0.2) is 46.7 Å². The molecule has 0 aliphatic rings. The van der Waals surface area contributed by atoms with Gasteiger partial charge >= 0.3 is 5.97 Å². The Labute approximate surface area is 172 Å². The molecule has 0 bridgehead atoms. The van der Waals surface area contributed by atoms with E-state index in [0.29, 0.717) is 21.0 Å². The number of thiophene rings is 1. The lowest BCUT2D eigenvalue weighted by atomic mass is 10.1. The van der Waals surface area contributed by atoms with Crippen LogP contribution in [0, 0.1) is 5.82 Å². The monoisotopic (exact) mass is 437 g/mol. The third kappa shape index (κ3) is 3.97. The maximum absolute atomic E-state index is 13.8. The summed E-state index contributed by atoms with van der Waals surface area (Å²) in [5, 5.41) is 19.1. The largest absolute Gasteiger partial charge is 0.478 e. The number of aromatic carboxylic acids is 1. The molecule has 10 heteroatoms. The second kappa shape index (κ2) is 8.19. The van der Waals surface area contributed by atoms with Crippen molar-refractivity contribution in [3.05, 3.63) is 63.7 Å². The Balaban J connectivity index is 1.95. The van der Waals surface area contributed by atoms with Crippen molar-refractivity contribution < 1.29 is 19.1 Å². The number of rotatable bonds is 5. The van der Waals surface area contributed by atoms with Gasteiger partial charge in [0.1, 0.15) is 11.4 Å². The van der Waals surface area contributed by atoms with Gasteiger partial charge in [-0.2, -0.15) is 0 Å². The molecule has 1 aromatic heterocycles. The maximum atomic E-state index is 13.8. The second-order valence-corrected chi connectivity index (χ2v) is 7.57. The first-order valence-electron chi connectivity index (χ1n) is 7.69. The number of nitrogens with two attached hydrogens (primary N) is 2. The van der Waals surface area contributed by atoms with Crippen molar-refractivity contribution >= 4 is 58.1 Å². The number of nitrogen functional groups attached to an aromatic ring is 1. The predicted octanol–water partition coefficient (Wildman–Crippen LogP) is 4.71. The number of carboxylic acid groups (broad SMARTS) is 1. The van der Waals surface area contributed by atoms with Crippen LogP contribution in [-0.2, 0) is 0 Å². The number of nitrogens with one attached hydrogen (secondary N) is 1. The summed E-state index contributed by atoms with van der Waals surface area (Å²) in [6.07, 6.45) is 0. The summed E-state index contributed by atoms with van der Waals surface area (Å²) in [5.41, 5.74) is 6.72. The average molecular weight is 438 g/mol. The van der Waals surface area contributed by atoms with E-state index in [2.05, 4.69) is 5.32 Å². The van der Waals surface area contributed by atoms with Crippen LogP contribution in [0.1, 0.15) is 20.7 Å². The fourth-order valence-corrected chi connectivity index (χ4v) is 3.95. The molecule has 0 atom stereocenters. The molecule has 0 unspecified atom stereocenters. The van der Waals surface area contributed by atoms with Crippen LogP contribution in [0.4, 0.5) is 15.8 Å². The number of hydrogen-bond acceptors (Lipinski definition) is 6. The van der Waals surface area contributed by atoms with Crippen molar-refractivity contribution in [3.63, 3.8) is 0 Å². The fourth-order valence-electron chi connectivity index (χ4n) is 2.50. The first kappa shape index (κ1) is 20.2. The summed E-state index contributed by atoms with van der Waals surface area (Å²) >= 11 is 7.71. The highest BCUT2D eigenvalue weighted by Crippen LogP contribution is 2.37. The second-order valence-electron chi connectivity index (χ2n) is 5.61. The van der Waals surface area contributed by atoms with Crippen molar-refractivity contribution in [1.29, 1.82) is 0 Å². The zero-order valence-corrected chi connectivity index (χ0v) is 16.4. The molecular weight excluding hydrogens is 425 g/mol. The number of halogens is 2. The normalized spacial score (nSPS) is 10.7. The van der Waals surface area contributed by atoms with E-state index in [4.69, 9.17) is 22.5 Å². The van der Waals surface area contributed by atoms with Crippen molar-refractivity contribution in [2.75, 3.05) is 11.1 Å². The molecule has 3 aromatic rings. The van der Waals surface area contributed by atoms with Crippen molar-refractivity contribution in [1.82, 2.24) is 0 Å². The van der Waals surface area contributed by atoms with Gasteiger partial charge in [0.2, 0.25) is 0 Å². The van der Waals surface area contributed by atoms with E-state index < -0.39 is 17.7 Å². The van der Waals surface area contributed by atoms with Crippen LogP contribution in [0.25, 0.3) is 10.4 Å². The number of hydrogen-bond donors (Lipinski definition) is 4. The molecule has 0 spiro atoms. The van der Waals surface area contributed by atoms with Gasteiger partial charge in [-0.05, 0) is 47.8 Å². The lowest BCUT2D eigenvalue weighted by Crippen LogP contribution is -2.14. The van der Waals surface area contributed by atoms with Gasteiger partial charge in [0.05, 0.1) is 15.6 Å². The number of carbonyl (C=O) groups is 2. The van der Waals surface area contributed by atoms with E-state index in [-0.39, 0.29) is 21.8 Å². The number of carboxylic acids is 1. The van der Waals surface area contributed by atoms with Crippen LogP contribution < -0.4 is 16.2 Å². The number of anilines is 2. The van der Waals surface area contributed by atoms with Crippen LogP contribution in [0.3, 0.4) is 0 Å². The van der Waals surface area contributed by atoms with E-state index in [1.165, 1.54) is 29.6 Å². The van der Waals surface area contributed by atoms with Gasteiger partial charge in [-0.3, -0.25) is 9.93 Å².